The van der Waals surface area contributed by atoms with E-state index in [0.29, 0.717) is 0 Å². The van der Waals surface area contributed by atoms with Crippen LogP contribution in [-0.2, 0) is 4.43 Å². The zero-order valence-electron chi connectivity index (χ0n) is 9.60. The highest BCUT2D eigenvalue weighted by atomic mass is 28.2. The van der Waals surface area contributed by atoms with Crippen LogP contribution in [0.5, 0.6) is 0 Å². The van der Waals surface area contributed by atoms with Gasteiger partial charge in [-0.2, -0.15) is 0 Å². The second-order valence-electron chi connectivity index (χ2n) is 5.10. The first-order valence-corrected chi connectivity index (χ1v) is 6.45. The summed E-state index contributed by atoms with van der Waals surface area (Å²) in [6.07, 6.45) is 6.87. The van der Waals surface area contributed by atoms with Crippen LogP contribution in [-0.4, -0.2) is 16.1 Å². The molecule has 1 nitrogen and oxygen atoms in total. The molecule has 1 saturated carbocycles. The standard InChI is InChI=1S/C11H24OSi/c1-9(2)8-11(3,12-13)10-6-4-5-7-10/h9-10H,4-8H2,1-3,13H3. The number of hydrogen-bond donors (Lipinski definition) is 0. The Kier molecular flexibility index (Phi) is 3.99. The highest BCUT2D eigenvalue weighted by molar-refractivity contribution is 5.98. The van der Waals surface area contributed by atoms with Gasteiger partial charge in [-0.1, -0.05) is 26.7 Å². The summed E-state index contributed by atoms with van der Waals surface area (Å²) in [5.74, 6) is 1.60. The normalized spacial score (nSPS) is 24.0. The summed E-state index contributed by atoms with van der Waals surface area (Å²) in [4.78, 5) is 0. The first kappa shape index (κ1) is 11.3. The van der Waals surface area contributed by atoms with Crippen molar-refractivity contribution in [2.75, 3.05) is 0 Å². The molecule has 0 saturated heterocycles. The van der Waals surface area contributed by atoms with Gasteiger partial charge in [-0.3, -0.25) is 0 Å². The van der Waals surface area contributed by atoms with Crippen molar-refractivity contribution in [2.45, 2.75) is 58.5 Å². The summed E-state index contributed by atoms with van der Waals surface area (Å²) in [5, 5.41) is 0. The second-order valence-corrected chi connectivity index (χ2v) is 5.50. The topological polar surface area (TPSA) is 9.23 Å². The minimum absolute atomic E-state index is 0.205. The molecule has 0 radical (unpaired) electrons. The van der Waals surface area contributed by atoms with E-state index in [1.165, 1.54) is 32.1 Å². The lowest BCUT2D eigenvalue weighted by Gasteiger charge is -2.36. The van der Waals surface area contributed by atoms with E-state index < -0.39 is 0 Å². The molecule has 1 unspecified atom stereocenters. The Balaban J connectivity index is 2.55. The van der Waals surface area contributed by atoms with Crippen LogP contribution in [0.3, 0.4) is 0 Å². The molecule has 1 aliphatic rings. The van der Waals surface area contributed by atoms with Gasteiger partial charge in [0, 0.05) is 0 Å². The van der Waals surface area contributed by atoms with E-state index in [1.807, 2.05) is 0 Å². The quantitative estimate of drug-likeness (QED) is 0.633. The van der Waals surface area contributed by atoms with Crippen molar-refractivity contribution in [1.29, 1.82) is 0 Å². The maximum Gasteiger partial charge on any atom is 0.146 e. The van der Waals surface area contributed by atoms with Gasteiger partial charge in [-0.05, 0) is 38.0 Å². The summed E-state index contributed by atoms with van der Waals surface area (Å²) in [7, 11) is 0.887. The average molecular weight is 200 g/mol. The van der Waals surface area contributed by atoms with E-state index >= 15 is 0 Å². The highest BCUT2D eigenvalue weighted by Gasteiger charge is 2.35. The van der Waals surface area contributed by atoms with Crippen molar-refractivity contribution >= 4 is 10.5 Å². The van der Waals surface area contributed by atoms with Gasteiger partial charge in [-0.25, -0.2) is 0 Å². The molecule has 2 heteroatoms. The zero-order valence-corrected chi connectivity index (χ0v) is 11.6. The molecular weight excluding hydrogens is 176 g/mol. The molecule has 0 N–H and O–H groups in total. The lowest BCUT2D eigenvalue weighted by Crippen LogP contribution is -2.37. The van der Waals surface area contributed by atoms with E-state index in [4.69, 9.17) is 4.43 Å². The van der Waals surface area contributed by atoms with E-state index in [-0.39, 0.29) is 5.60 Å². The van der Waals surface area contributed by atoms with Gasteiger partial charge in [0.1, 0.15) is 10.5 Å². The van der Waals surface area contributed by atoms with Gasteiger partial charge in [0.15, 0.2) is 0 Å². The minimum atomic E-state index is 0.205. The van der Waals surface area contributed by atoms with Crippen molar-refractivity contribution in [3.05, 3.63) is 0 Å². The van der Waals surface area contributed by atoms with E-state index in [2.05, 4.69) is 20.8 Å². The Hall–Kier alpha value is 0.177. The third kappa shape index (κ3) is 2.81. The maximum atomic E-state index is 5.87. The third-order valence-electron chi connectivity index (χ3n) is 3.50. The fraction of sp³-hybridized carbons (Fsp3) is 1.00. The highest BCUT2D eigenvalue weighted by Crippen LogP contribution is 2.39. The molecule has 1 rings (SSSR count). The summed E-state index contributed by atoms with van der Waals surface area (Å²) in [6.45, 7) is 6.93. The molecule has 78 valence electrons. The average Bonchev–Trinajstić information content (AvgIpc) is 2.55. The Morgan fingerprint density at radius 1 is 1.38 bits per heavy atom. The van der Waals surface area contributed by atoms with Crippen LogP contribution in [0.2, 0.25) is 0 Å². The number of hydrogen-bond acceptors (Lipinski definition) is 1. The third-order valence-corrected chi connectivity index (χ3v) is 4.43. The smallest absolute Gasteiger partial charge is 0.146 e. The molecule has 0 aromatic heterocycles. The molecule has 0 aromatic carbocycles. The number of rotatable bonds is 4. The van der Waals surface area contributed by atoms with Crippen molar-refractivity contribution in [3.63, 3.8) is 0 Å². The van der Waals surface area contributed by atoms with Crippen LogP contribution >= 0.6 is 0 Å². The largest absolute Gasteiger partial charge is 0.422 e. The Morgan fingerprint density at radius 3 is 2.31 bits per heavy atom. The van der Waals surface area contributed by atoms with Crippen molar-refractivity contribution in [2.24, 2.45) is 11.8 Å². The molecule has 13 heavy (non-hydrogen) atoms. The Bertz CT molecular complexity index is 152. The second kappa shape index (κ2) is 4.60. The monoisotopic (exact) mass is 200 g/mol. The molecule has 0 aliphatic heterocycles. The molecule has 0 bridgehead atoms. The maximum absolute atomic E-state index is 5.87. The summed E-state index contributed by atoms with van der Waals surface area (Å²) >= 11 is 0. The molecule has 0 aromatic rings. The molecule has 1 atom stereocenters. The van der Waals surface area contributed by atoms with Gasteiger partial charge in [0.25, 0.3) is 0 Å². The lowest BCUT2D eigenvalue weighted by atomic mass is 9.81. The first-order chi connectivity index (χ1) is 6.08. The molecule has 0 amide bonds. The van der Waals surface area contributed by atoms with Crippen molar-refractivity contribution < 1.29 is 4.43 Å². The van der Waals surface area contributed by atoms with Crippen LogP contribution in [0, 0.1) is 11.8 Å². The summed E-state index contributed by atoms with van der Waals surface area (Å²) < 4.78 is 5.87. The van der Waals surface area contributed by atoms with Gasteiger partial charge in [-0.15, -0.1) is 0 Å². The summed E-state index contributed by atoms with van der Waals surface area (Å²) in [6, 6.07) is 0. The zero-order chi connectivity index (χ0) is 9.90. The fourth-order valence-corrected chi connectivity index (χ4v) is 3.26. The summed E-state index contributed by atoms with van der Waals surface area (Å²) in [5.41, 5.74) is 0.205. The van der Waals surface area contributed by atoms with Crippen LogP contribution in [0.1, 0.15) is 52.9 Å². The van der Waals surface area contributed by atoms with Crippen LogP contribution < -0.4 is 0 Å². The SMILES string of the molecule is CC(C)CC(C)(O[SiH3])C1CCCC1. The van der Waals surface area contributed by atoms with Crippen molar-refractivity contribution in [3.8, 4) is 0 Å². The van der Waals surface area contributed by atoms with Crippen LogP contribution in [0.25, 0.3) is 0 Å². The van der Waals surface area contributed by atoms with Crippen LogP contribution in [0.4, 0.5) is 0 Å². The Labute approximate surface area is 85.8 Å². The van der Waals surface area contributed by atoms with Gasteiger partial charge < -0.3 is 4.43 Å². The lowest BCUT2D eigenvalue weighted by molar-refractivity contribution is 0.0164. The van der Waals surface area contributed by atoms with E-state index in [9.17, 15) is 0 Å². The Morgan fingerprint density at radius 2 is 1.92 bits per heavy atom. The molecule has 0 heterocycles. The van der Waals surface area contributed by atoms with E-state index in [0.717, 1.165) is 22.3 Å². The minimum Gasteiger partial charge on any atom is -0.422 e. The van der Waals surface area contributed by atoms with Crippen LogP contribution in [0.15, 0.2) is 0 Å². The fourth-order valence-electron chi connectivity index (χ4n) is 2.76. The predicted molar refractivity (Wildman–Crippen MR) is 60.8 cm³/mol. The van der Waals surface area contributed by atoms with Crippen molar-refractivity contribution in [1.82, 2.24) is 0 Å². The molecule has 1 fully saturated rings. The molecular formula is C11H24OSi. The molecule has 1 aliphatic carbocycles. The molecule has 0 spiro atoms. The first-order valence-electron chi connectivity index (χ1n) is 5.63. The van der Waals surface area contributed by atoms with Gasteiger partial charge in [0.2, 0.25) is 0 Å². The van der Waals surface area contributed by atoms with Gasteiger partial charge >= 0.3 is 0 Å². The predicted octanol–water partition coefficient (Wildman–Crippen LogP) is 2.28. The van der Waals surface area contributed by atoms with E-state index in [1.54, 1.807) is 0 Å². The van der Waals surface area contributed by atoms with Gasteiger partial charge in [0.05, 0.1) is 5.60 Å².